The standard InChI is InChI=1S/C17H20FN3O3/c18-14-3-1-2-13(10-14)12-20-6-8-21(9-7-20)17(23)5-4-15-11-16(22)19-24-15/h1-3,10-11H,4-9,12H2,(H,19,22). The van der Waals surface area contributed by atoms with Gasteiger partial charge in [-0.05, 0) is 17.7 Å². The molecule has 0 radical (unpaired) electrons. The summed E-state index contributed by atoms with van der Waals surface area (Å²) in [6, 6.07) is 7.97. The Morgan fingerprint density at radius 1 is 1.21 bits per heavy atom. The predicted octanol–water partition coefficient (Wildman–Crippen LogP) is 1.38. The molecule has 1 aliphatic heterocycles. The first kappa shape index (κ1) is 16.4. The number of hydrogen-bond acceptors (Lipinski definition) is 4. The number of carbonyl (C=O) groups is 1. The highest BCUT2D eigenvalue weighted by atomic mass is 19.1. The normalized spacial score (nSPS) is 15.6. The molecular formula is C17H20FN3O3. The zero-order chi connectivity index (χ0) is 16.9. The van der Waals surface area contributed by atoms with E-state index in [9.17, 15) is 14.0 Å². The smallest absolute Gasteiger partial charge is 0.280 e. The van der Waals surface area contributed by atoms with Gasteiger partial charge in [-0.25, -0.2) is 4.39 Å². The molecule has 7 heteroatoms. The van der Waals surface area contributed by atoms with Crippen molar-refractivity contribution < 1.29 is 13.7 Å². The van der Waals surface area contributed by atoms with E-state index in [0.717, 1.165) is 18.7 Å². The molecule has 1 fully saturated rings. The van der Waals surface area contributed by atoms with Crippen molar-refractivity contribution in [3.05, 3.63) is 57.8 Å². The van der Waals surface area contributed by atoms with E-state index in [2.05, 4.69) is 10.1 Å². The Hall–Kier alpha value is -2.41. The second kappa shape index (κ2) is 7.44. The lowest BCUT2D eigenvalue weighted by Gasteiger charge is -2.34. The minimum Gasteiger partial charge on any atom is -0.384 e. The molecule has 0 bridgehead atoms. The van der Waals surface area contributed by atoms with Gasteiger partial charge in [0.2, 0.25) is 5.91 Å². The highest BCUT2D eigenvalue weighted by molar-refractivity contribution is 5.76. The topological polar surface area (TPSA) is 69.5 Å². The van der Waals surface area contributed by atoms with Gasteiger partial charge in [0.15, 0.2) is 0 Å². The Morgan fingerprint density at radius 3 is 2.67 bits per heavy atom. The van der Waals surface area contributed by atoms with Gasteiger partial charge in [-0.3, -0.25) is 14.5 Å². The summed E-state index contributed by atoms with van der Waals surface area (Å²) >= 11 is 0. The first-order valence-electron chi connectivity index (χ1n) is 8.02. The van der Waals surface area contributed by atoms with Crippen molar-refractivity contribution in [2.45, 2.75) is 19.4 Å². The highest BCUT2D eigenvalue weighted by Gasteiger charge is 2.21. The number of aromatic amines is 1. The molecule has 128 valence electrons. The Labute approximate surface area is 138 Å². The van der Waals surface area contributed by atoms with Crippen LogP contribution >= 0.6 is 0 Å². The van der Waals surface area contributed by atoms with E-state index in [1.54, 1.807) is 12.1 Å². The molecule has 1 amide bonds. The molecule has 2 heterocycles. The SMILES string of the molecule is O=C(CCc1cc(=O)[nH]o1)N1CCN(Cc2cccc(F)c2)CC1. The van der Waals surface area contributed by atoms with Crippen molar-refractivity contribution in [3.63, 3.8) is 0 Å². The minimum absolute atomic E-state index is 0.0595. The van der Waals surface area contributed by atoms with E-state index in [0.29, 0.717) is 38.2 Å². The van der Waals surface area contributed by atoms with Gasteiger partial charge < -0.3 is 9.42 Å². The van der Waals surface area contributed by atoms with E-state index < -0.39 is 0 Å². The Balaban J connectivity index is 1.44. The summed E-state index contributed by atoms with van der Waals surface area (Å²) in [5, 5.41) is 2.22. The Morgan fingerprint density at radius 2 is 2.00 bits per heavy atom. The van der Waals surface area contributed by atoms with Gasteiger partial charge in [0.05, 0.1) is 0 Å². The first-order valence-corrected chi connectivity index (χ1v) is 8.02. The van der Waals surface area contributed by atoms with Crippen molar-refractivity contribution in [2.24, 2.45) is 0 Å². The van der Waals surface area contributed by atoms with Crippen molar-refractivity contribution >= 4 is 5.91 Å². The summed E-state index contributed by atoms with van der Waals surface area (Å²) in [6.07, 6.45) is 0.742. The van der Waals surface area contributed by atoms with E-state index >= 15 is 0 Å². The zero-order valence-electron chi connectivity index (χ0n) is 13.3. The van der Waals surface area contributed by atoms with Crippen LogP contribution in [0.1, 0.15) is 17.7 Å². The van der Waals surface area contributed by atoms with Crippen LogP contribution in [-0.4, -0.2) is 47.0 Å². The number of amides is 1. The summed E-state index contributed by atoms with van der Waals surface area (Å²) in [5.41, 5.74) is 0.653. The van der Waals surface area contributed by atoms with Crippen LogP contribution in [0.4, 0.5) is 4.39 Å². The number of aromatic nitrogens is 1. The van der Waals surface area contributed by atoms with Crippen LogP contribution in [0.3, 0.4) is 0 Å². The monoisotopic (exact) mass is 333 g/mol. The summed E-state index contributed by atoms with van der Waals surface area (Å²) in [6.45, 7) is 3.54. The third kappa shape index (κ3) is 4.32. The zero-order valence-corrected chi connectivity index (χ0v) is 13.3. The molecule has 0 atom stereocenters. The molecule has 0 saturated carbocycles. The fourth-order valence-electron chi connectivity index (χ4n) is 2.88. The molecule has 0 unspecified atom stereocenters. The van der Waals surface area contributed by atoms with Crippen molar-refractivity contribution in [1.29, 1.82) is 0 Å². The van der Waals surface area contributed by atoms with Crippen molar-refractivity contribution in [3.8, 4) is 0 Å². The Bertz CT molecular complexity index is 747. The number of aryl methyl sites for hydroxylation is 1. The van der Waals surface area contributed by atoms with Crippen LogP contribution < -0.4 is 5.56 Å². The molecule has 1 aromatic carbocycles. The number of carbonyl (C=O) groups excluding carboxylic acids is 1. The minimum atomic E-state index is -0.289. The maximum absolute atomic E-state index is 13.2. The molecule has 6 nitrogen and oxygen atoms in total. The molecular weight excluding hydrogens is 313 g/mol. The fourth-order valence-corrected chi connectivity index (χ4v) is 2.88. The quantitative estimate of drug-likeness (QED) is 0.898. The molecule has 2 aromatic rings. The average Bonchev–Trinajstić information content (AvgIpc) is 2.99. The molecule has 1 aliphatic rings. The van der Waals surface area contributed by atoms with E-state index in [1.807, 2.05) is 11.0 Å². The summed E-state index contributed by atoms with van der Waals surface area (Å²) < 4.78 is 18.2. The molecule has 0 spiro atoms. The molecule has 1 saturated heterocycles. The van der Waals surface area contributed by atoms with Gasteiger partial charge in [0, 0.05) is 51.6 Å². The van der Waals surface area contributed by atoms with Crippen LogP contribution in [0.15, 0.2) is 39.6 Å². The number of rotatable bonds is 5. The van der Waals surface area contributed by atoms with E-state index in [1.165, 1.54) is 12.1 Å². The van der Waals surface area contributed by atoms with Crippen LogP contribution in [0.5, 0.6) is 0 Å². The molecule has 1 N–H and O–H groups in total. The maximum atomic E-state index is 13.2. The van der Waals surface area contributed by atoms with Crippen molar-refractivity contribution in [1.82, 2.24) is 15.0 Å². The van der Waals surface area contributed by atoms with E-state index in [4.69, 9.17) is 4.52 Å². The fraction of sp³-hybridized carbons (Fsp3) is 0.412. The largest absolute Gasteiger partial charge is 0.384 e. The maximum Gasteiger partial charge on any atom is 0.280 e. The van der Waals surface area contributed by atoms with Gasteiger partial charge in [-0.2, -0.15) is 5.16 Å². The number of hydrogen-bond donors (Lipinski definition) is 1. The second-order valence-corrected chi connectivity index (χ2v) is 5.97. The number of benzene rings is 1. The molecule has 3 rings (SSSR count). The third-order valence-corrected chi connectivity index (χ3v) is 4.18. The van der Waals surface area contributed by atoms with Crippen LogP contribution in [0.25, 0.3) is 0 Å². The van der Waals surface area contributed by atoms with Gasteiger partial charge >= 0.3 is 0 Å². The summed E-state index contributed by atoms with van der Waals surface area (Å²) in [7, 11) is 0. The van der Waals surface area contributed by atoms with Gasteiger partial charge in [0.25, 0.3) is 5.56 Å². The molecule has 24 heavy (non-hydrogen) atoms. The Kier molecular flexibility index (Phi) is 5.10. The lowest BCUT2D eigenvalue weighted by atomic mass is 10.2. The first-order chi connectivity index (χ1) is 11.6. The lowest BCUT2D eigenvalue weighted by molar-refractivity contribution is -0.133. The number of nitrogens with zero attached hydrogens (tertiary/aromatic N) is 2. The van der Waals surface area contributed by atoms with Crippen LogP contribution in [-0.2, 0) is 17.8 Å². The van der Waals surface area contributed by atoms with E-state index in [-0.39, 0.29) is 17.3 Å². The van der Waals surface area contributed by atoms with Crippen LogP contribution in [0, 0.1) is 5.82 Å². The number of nitrogens with one attached hydrogen (secondary N) is 1. The summed E-state index contributed by atoms with van der Waals surface area (Å²) in [5.74, 6) is 0.333. The predicted molar refractivity (Wildman–Crippen MR) is 85.9 cm³/mol. The lowest BCUT2D eigenvalue weighted by Crippen LogP contribution is -2.48. The number of H-pyrrole nitrogens is 1. The van der Waals surface area contributed by atoms with Gasteiger partial charge in [-0.1, -0.05) is 12.1 Å². The summed E-state index contributed by atoms with van der Waals surface area (Å²) in [4.78, 5) is 27.2. The molecule has 1 aromatic heterocycles. The van der Waals surface area contributed by atoms with Crippen molar-refractivity contribution in [2.75, 3.05) is 26.2 Å². The third-order valence-electron chi connectivity index (χ3n) is 4.18. The van der Waals surface area contributed by atoms with Gasteiger partial charge in [-0.15, -0.1) is 0 Å². The average molecular weight is 333 g/mol. The number of piperazine rings is 1. The van der Waals surface area contributed by atoms with Gasteiger partial charge in [0.1, 0.15) is 11.6 Å². The number of halogens is 1. The highest BCUT2D eigenvalue weighted by Crippen LogP contribution is 2.11. The second-order valence-electron chi connectivity index (χ2n) is 5.97. The molecule has 0 aliphatic carbocycles. The van der Waals surface area contributed by atoms with Crippen LogP contribution in [0.2, 0.25) is 0 Å².